The summed E-state index contributed by atoms with van der Waals surface area (Å²) in [7, 11) is -2.10. The number of nitro benzene ring substituents is 1. The summed E-state index contributed by atoms with van der Waals surface area (Å²) in [5.74, 6) is 0.696. The van der Waals surface area contributed by atoms with E-state index in [4.69, 9.17) is 14.7 Å². The summed E-state index contributed by atoms with van der Waals surface area (Å²) in [6.07, 6.45) is 1.63. The number of nitrogens with zero attached hydrogens (tertiary/aromatic N) is 2. The van der Waals surface area contributed by atoms with Crippen molar-refractivity contribution in [2.24, 2.45) is 0 Å². The predicted molar refractivity (Wildman–Crippen MR) is 120 cm³/mol. The van der Waals surface area contributed by atoms with Gasteiger partial charge in [0.05, 0.1) is 35.2 Å². The fraction of sp³-hybridized carbons (Fsp3) is 0.333. The van der Waals surface area contributed by atoms with Crippen molar-refractivity contribution >= 4 is 27.1 Å². The summed E-state index contributed by atoms with van der Waals surface area (Å²) in [5.41, 5.74) is 0.245. The number of hydrogen-bond donors (Lipinski definition) is 2. The zero-order chi connectivity index (χ0) is 24.4. The number of benzene rings is 2. The van der Waals surface area contributed by atoms with Crippen molar-refractivity contribution < 1.29 is 27.6 Å². The van der Waals surface area contributed by atoms with Gasteiger partial charge in [0.15, 0.2) is 21.3 Å². The zero-order valence-corrected chi connectivity index (χ0v) is 19.0. The van der Waals surface area contributed by atoms with Crippen LogP contribution < -0.4 is 20.1 Å². The van der Waals surface area contributed by atoms with Crippen LogP contribution in [0.3, 0.4) is 0 Å². The Morgan fingerprint density at radius 1 is 1.18 bits per heavy atom. The van der Waals surface area contributed by atoms with Gasteiger partial charge >= 0.3 is 0 Å². The highest BCUT2D eigenvalue weighted by Gasteiger charge is 2.18. The Kier molecular flexibility index (Phi) is 8.99. The van der Waals surface area contributed by atoms with Gasteiger partial charge in [-0.15, -0.1) is 0 Å². The molecule has 0 radical (unpaired) electrons. The van der Waals surface area contributed by atoms with Crippen LogP contribution in [0.1, 0.15) is 18.4 Å². The first-order valence-corrected chi connectivity index (χ1v) is 11.7. The predicted octanol–water partition coefficient (Wildman–Crippen LogP) is 2.27. The molecule has 2 aromatic carbocycles. The lowest BCUT2D eigenvalue weighted by Gasteiger charge is -2.11. The average Bonchev–Trinajstić information content (AvgIpc) is 2.78. The van der Waals surface area contributed by atoms with Gasteiger partial charge in [-0.05, 0) is 30.7 Å². The Bertz CT molecular complexity index is 1160. The van der Waals surface area contributed by atoms with Crippen molar-refractivity contribution in [3.63, 3.8) is 0 Å². The molecule has 0 saturated heterocycles. The highest BCUT2D eigenvalue weighted by atomic mass is 32.2. The molecule has 2 aromatic rings. The summed E-state index contributed by atoms with van der Waals surface area (Å²) >= 11 is 0. The summed E-state index contributed by atoms with van der Waals surface area (Å²) in [5, 5.41) is 25.7. The van der Waals surface area contributed by atoms with E-state index < -0.39 is 14.8 Å². The molecule has 0 aliphatic carbocycles. The third-order valence-electron chi connectivity index (χ3n) is 4.46. The van der Waals surface area contributed by atoms with Crippen molar-refractivity contribution in [3.8, 4) is 17.6 Å². The maximum absolute atomic E-state index is 12.0. The quantitative estimate of drug-likeness (QED) is 0.266. The number of amides is 1. The van der Waals surface area contributed by atoms with Gasteiger partial charge in [-0.1, -0.05) is 0 Å². The van der Waals surface area contributed by atoms with E-state index in [2.05, 4.69) is 10.6 Å². The molecule has 0 heterocycles. The normalized spacial score (nSPS) is 10.7. The van der Waals surface area contributed by atoms with E-state index in [-0.39, 0.29) is 48.3 Å². The third-order valence-corrected chi connectivity index (χ3v) is 5.57. The molecule has 1 amide bonds. The number of carbonyl (C=O) groups is 1. The molecule has 0 aliphatic heterocycles. The number of rotatable bonds is 12. The smallest absolute Gasteiger partial charge is 0.293 e. The number of sulfone groups is 1. The number of nitro groups is 1. The van der Waals surface area contributed by atoms with Crippen molar-refractivity contribution in [1.82, 2.24) is 5.32 Å². The molecule has 0 fully saturated rings. The first-order valence-electron chi connectivity index (χ1n) is 9.85. The van der Waals surface area contributed by atoms with E-state index in [1.807, 2.05) is 6.07 Å². The second-order valence-electron chi connectivity index (χ2n) is 6.91. The first kappa shape index (κ1) is 25.4. The number of anilines is 1. The van der Waals surface area contributed by atoms with Crippen LogP contribution in [0.15, 0.2) is 41.3 Å². The van der Waals surface area contributed by atoms with Crippen LogP contribution in [0.2, 0.25) is 0 Å². The van der Waals surface area contributed by atoms with E-state index in [9.17, 15) is 23.3 Å². The lowest BCUT2D eigenvalue weighted by atomic mass is 10.2. The van der Waals surface area contributed by atoms with Crippen molar-refractivity contribution in [2.45, 2.75) is 17.7 Å². The number of ether oxygens (including phenoxy) is 2. The average molecular weight is 477 g/mol. The number of hydrogen-bond acceptors (Lipinski definition) is 9. The molecule has 2 N–H and O–H groups in total. The van der Waals surface area contributed by atoms with Crippen LogP contribution >= 0.6 is 0 Å². The molecular formula is C21H24N4O7S. The lowest BCUT2D eigenvalue weighted by molar-refractivity contribution is -0.384. The van der Waals surface area contributed by atoms with E-state index in [1.54, 1.807) is 18.2 Å². The van der Waals surface area contributed by atoms with Crippen LogP contribution in [0.5, 0.6) is 11.5 Å². The minimum atomic E-state index is -3.57. The second-order valence-corrected chi connectivity index (χ2v) is 8.93. The zero-order valence-electron chi connectivity index (χ0n) is 18.2. The molecule has 0 atom stereocenters. The lowest BCUT2D eigenvalue weighted by Crippen LogP contribution is -2.29. The molecule has 2 rings (SSSR count). The van der Waals surface area contributed by atoms with Crippen molar-refractivity contribution in [1.29, 1.82) is 5.26 Å². The van der Waals surface area contributed by atoms with Crippen LogP contribution in [0, 0.1) is 21.4 Å². The number of nitriles is 1. The molecule has 0 bridgehead atoms. The van der Waals surface area contributed by atoms with E-state index in [0.29, 0.717) is 23.5 Å². The number of methoxy groups -OCH3 is 1. The van der Waals surface area contributed by atoms with Gasteiger partial charge < -0.3 is 20.1 Å². The van der Waals surface area contributed by atoms with Gasteiger partial charge in [0.2, 0.25) is 5.91 Å². The van der Waals surface area contributed by atoms with Crippen LogP contribution in [0.4, 0.5) is 11.4 Å². The van der Waals surface area contributed by atoms with E-state index >= 15 is 0 Å². The van der Waals surface area contributed by atoms with Crippen molar-refractivity contribution in [2.75, 3.05) is 38.4 Å². The third kappa shape index (κ3) is 7.65. The Labute approximate surface area is 191 Å². The molecule has 0 unspecified atom stereocenters. The fourth-order valence-electron chi connectivity index (χ4n) is 2.80. The maximum atomic E-state index is 12.0. The second kappa shape index (κ2) is 11.7. The van der Waals surface area contributed by atoms with Gasteiger partial charge in [-0.2, -0.15) is 5.26 Å². The Morgan fingerprint density at radius 2 is 1.94 bits per heavy atom. The standard InChI is InChI=1S/C21H24N4O7S/c1-31-20-12-15(14-22)5-8-19(20)32-11-3-4-21(26)24-10-9-23-17-7-6-16(33(2,29)30)13-18(17)25(27)28/h5-8,12-13,23H,3-4,9-11H2,1-2H3,(H,24,26). The van der Waals surface area contributed by atoms with E-state index in [0.717, 1.165) is 12.3 Å². The maximum Gasteiger partial charge on any atom is 0.293 e. The molecule has 0 spiro atoms. The molecular weight excluding hydrogens is 452 g/mol. The molecule has 0 saturated carbocycles. The number of nitrogens with one attached hydrogen (secondary N) is 2. The summed E-state index contributed by atoms with van der Waals surface area (Å²) in [6.45, 7) is 0.699. The minimum Gasteiger partial charge on any atom is -0.493 e. The summed E-state index contributed by atoms with van der Waals surface area (Å²) < 4.78 is 33.9. The highest BCUT2D eigenvalue weighted by Crippen LogP contribution is 2.28. The monoisotopic (exact) mass is 476 g/mol. The largest absolute Gasteiger partial charge is 0.493 e. The molecule has 0 aromatic heterocycles. The molecule has 0 aliphatic rings. The van der Waals surface area contributed by atoms with Crippen molar-refractivity contribution in [3.05, 3.63) is 52.1 Å². The summed E-state index contributed by atoms with van der Waals surface area (Å²) in [4.78, 5) is 22.4. The minimum absolute atomic E-state index is 0.145. The van der Waals surface area contributed by atoms with Gasteiger partial charge in [-0.3, -0.25) is 14.9 Å². The van der Waals surface area contributed by atoms with Crippen LogP contribution in [0.25, 0.3) is 0 Å². The van der Waals surface area contributed by atoms with Gasteiger partial charge in [-0.25, -0.2) is 8.42 Å². The number of carbonyl (C=O) groups excluding carboxylic acids is 1. The Hall–Kier alpha value is -3.85. The van der Waals surface area contributed by atoms with Gasteiger partial charge in [0.25, 0.3) is 5.69 Å². The molecule has 33 heavy (non-hydrogen) atoms. The van der Waals surface area contributed by atoms with E-state index in [1.165, 1.54) is 19.2 Å². The topological polar surface area (TPSA) is 161 Å². The first-order chi connectivity index (χ1) is 15.7. The Morgan fingerprint density at radius 3 is 2.58 bits per heavy atom. The summed E-state index contributed by atoms with van der Waals surface area (Å²) in [6, 6.07) is 10.4. The Balaban J connectivity index is 1.75. The molecule has 176 valence electrons. The molecule has 11 nitrogen and oxygen atoms in total. The van der Waals surface area contributed by atoms with Crippen LogP contribution in [-0.2, 0) is 14.6 Å². The molecule has 12 heteroatoms. The highest BCUT2D eigenvalue weighted by molar-refractivity contribution is 7.90. The van der Waals surface area contributed by atoms with Gasteiger partial charge in [0.1, 0.15) is 5.69 Å². The fourth-order valence-corrected chi connectivity index (χ4v) is 3.44. The van der Waals surface area contributed by atoms with Gasteiger partial charge in [0, 0.05) is 37.9 Å². The SMILES string of the molecule is COc1cc(C#N)ccc1OCCCC(=O)NCCNc1ccc(S(C)(=O)=O)cc1[N+](=O)[O-]. The van der Waals surface area contributed by atoms with Crippen LogP contribution in [-0.4, -0.2) is 52.3 Å².